The molecule has 1 aliphatic heterocycles. The number of imide groups is 1. The SMILES string of the molecule is COc1ccccc1N1C(=O)CC(Nc2cccc(F)c2)C1=O. The lowest BCUT2D eigenvalue weighted by molar-refractivity contribution is -0.121. The molecule has 5 nitrogen and oxygen atoms in total. The molecule has 0 aromatic heterocycles. The highest BCUT2D eigenvalue weighted by molar-refractivity contribution is 6.23. The number of para-hydroxylation sites is 2. The third-order valence-electron chi connectivity index (χ3n) is 3.64. The Morgan fingerprint density at radius 3 is 2.70 bits per heavy atom. The minimum absolute atomic E-state index is 0.00734. The van der Waals surface area contributed by atoms with Crippen LogP contribution >= 0.6 is 0 Å². The molecule has 1 atom stereocenters. The second kappa shape index (κ2) is 6.08. The number of ether oxygens (including phenoxy) is 1. The van der Waals surface area contributed by atoms with Crippen LogP contribution in [0.3, 0.4) is 0 Å². The van der Waals surface area contributed by atoms with Gasteiger partial charge in [-0.25, -0.2) is 9.29 Å². The number of carbonyl (C=O) groups excluding carboxylic acids is 2. The van der Waals surface area contributed by atoms with Crippen molar-refractivity contribution in [2.24, 2.45) is 0 Å². The maximum atomic E-state index is 13.2. The van der Waals surface area contributed by atoms with E-state index in [2.05, 4.69) is 5.32 Å². The molecule has 2 aromatic carbocycles. The first-order valence-electron chi connectivity index (χ1n) is 7.12. The Morgan fingerprint density at radius 2 is 1.96 bits per heavy atom. The van der Waals surface area contributed by atoms with E-state index < -0.39 is 11.9 Å². The normalized spacial score (nSPS) is 17.5. The summed E-state index contributed by atoms with van der Waals surface area (Å²) in [4.78, 5) is 25.9. The number of hydrogen-bond donors (Lipinski definition) is 1. The highest BCUT2D eigenvalue weighted by Gasteiger charge is 2.40. The second-order valence-electron chi connectivity index (χ2n) is 5.15. The number of methoxy groups -OCH3 is 1. The average molecular weight is 314 g/mol. The van der Waals surface area contributed by atoms with Gasteiger partial charge in [0.05, 0.1) is 19.2 Å². The van der Waals surface area contributed by atoms with Gasteiger partial charge in [0.2, 0.25) is 5.91 Å². The quantitative estimate of drug-likeness (QED) is 0.881. The molecule has 6 heteroatoms. The van der Waals surface area contributed by atoms with Gasteiger partial charge in [0.1, 0.15) is 17.6 Å². The van der Waals surface area contributed by atoms with E-state index in [0.717, 1.165) is 4.90 Å². The molecule has 1 unspecified atom stereocenters. The highest BCUT2D eigenvalue weighted by atomic mass is 19.1. The largest absolute Gasteiger partial charge is 0.495 e. The van der Waals surface area contributed by atoms with Crippen LogP contribution < -0.4 is 15.0 Å². The molecule has 0 saturated carbocycles. The maximum Gasteiger partial charge on any atom is 0.256 e. The van der Waals surface area contributed by atoms with E-state index in [1.807, 2.05) is 0 Å². The standard InChI is InChI=1S/C17H15FN2O3/c1-23-15-8-3-2-7-14(15)20-16(21)10-13(17(20)22)19-12-6-4-5-11(18)9-12/h2-9,13,19H,10H2,1H3. The number of rotatable bonds is 4. The van der Waals surface area contributed by atoms with E-state index in [0.29, 0.717) is 17.1 Å². The fourth-order valence-electron chi connectivity index (χ4n) is 2.59. The Bertz CT molecular complexity index is 763. The molecule has 1 heterocycles. The first-order valence-corrected chi connectivity index (χ1v) is 7.12. The van der Waals surface area contributed by atoms with Crippen molar-refractivity contribution in [2.75, 3.05) is 17.3 Å². The first kappa shape index (κ1) is 15.0. The van der Waals surface area contributed by atoms with Crippen molar-refractivity contribution in [1.82, 2.24) is 0 Å². The summed E-state index contributed by atoms with van der Waals surface area (Å²) < 4.78 is 18.4. The number of carbonyl (C=O) groups is 2. The van der Waals surface area contributed by atoms with E-state index in [9.17, 15) is 14.0 Å². The molecule has 0 spiro atoms. The van der Waals surface area contributed by atoms with Gasteiger partial charge < -0.3 is 10.1 Å². The first-order chi connectivity index (χ1) is 11.1. The van der Waals surface area contributed by atoms with Crippen molar-refractivity contribution < 1.29 is 18.7 Å². The fourth-order valence-corrected chi connectivity index (χ4v) is 2.59. The number of nitrogens with one attached hydrogen (secondary N) is 1. The zero-order valence-electron chi connectivity index (χ0n) is 12.5. The number of anilines is 2. The Morgan fingerprint density at radius 1 is 1.17 bits per heavy atom. The topological polar surface area (TPSA) is 58.6 Å². The van der Waals surface area contributed by atoms with Crippen molar-refractivity contribution in [3.8, 4) is 5.75 Å². The van der Waals surface area contributed by atoms with E-state index in [4.69, 9.17) is 4.74 Å². The highest BCUT2D eigenvalue weighted by Crippen LogP contribution is 2.32. The van der Waals surface area contributed by atoms with Crippen molar-refractivity contribution in [1.29, 1.82) is 0 Å². The van der Waals surface area contributed by atoms with Gasteiger partial charge in [-0.3, -0.25) is 9.59 Å². The van der Waals surface area contributed by atoms with Crippen molar-refractivity contribution in [2.45, 2.75) is 12.5 Å². The summed E-state index contributed by atoms with van der Waals surface area (Å²) in [6.07, 6.45) is 0.00734. The fraction of sp³-hybridized carbons (Fsp3) is 0.176. The van der Waals surface area contributed by atoms with Gasteiger partial charge in [-0.15, -0.1) is 0 Å². The minimum atomic E-state index is -0.728. The molecule has 0 radical (unpaired) electrons. The Balaban J connectivity index is 1.85. The summed E-state index contributed by atoms with van der Waals surface area (Å²) in [6, 6.07) is 11.9. The molecule has 1 saturated heterocycles. The van der Waals surface area contributed by atoms with Crippen molar-refractivity contribution in [3.05, 3.63) is 54.3 Å². The molecule has 23 heavy (non-hydrogen) atoms. The van der Waals surface area contributed by atoms with Gasteiger partial charge in [0.25, 0.3) is 5.91 Å². The van der Waals surface area contributed by atoms with Gasteiger partial charge >= 0.3 is 0 Å². The third kappa shape index (κ3) is 2.88. The second-order valence-corrected chi connectivity index (χ2v) is 5.15. The van der Waals surface area contributed by atoms with Gasteiger partial charge in [-0.1, -0.05) is 18.2 Å². The predicted molar refractivity (Wildman–Crippen MR) is 83.9 cm³/mol. The number of benzene rings is 2. The maximum absolute atomic E-state index is 13.2. The molecular formula is C17H15FN2O3. The Hall–Kier alpha value is -2.89. The van der Waals surface area contributed by atoms with Gasteiger partial charge in [-0.2, -0.15) is 0 Å². The summed E-state index contributed by atoms with van der Waals surface area (Å²) in [5.74, 6) is -0.675. The monoisotopic (exact) mass is 314 g/mol. The van der Waals surface area contributed by atoms with Gasteiger partial charge in [0, 0.05) is 5.69 Å². The van der Waals surface area contributed by atoms with Crippen LogP contribution in [0, 0.1) is 5.82 Å². The molecule has 2 aromatic rings. The van der Waals surface area contributed by atoms with Crippen LogP contribution in [0.25, 0.3) is 0 Å². The van der Waals surface area contributed by atoms with E-state index in [1.54, 1.807) is 30.3 Å². The lowest BCUT2D eigenvalue weighted by Gasteiger charge is -2.18. The van der Waals surface area contributed by atoms with Crippen LogP contribution in [0.4, 0.5) is 15.8 Å². The van der Waals surface area contributed by atoms with Crippen LogP contribution in [0.1, 0.15) is 6.42 Å². The van der Waals surface area contributed by atoms with E-state index >= 15 is 0 Å². The molecule has 0 aliphatic carbocycles. The summed E-state index contributed by atoms with van der Waals surface area (Å²) in [5, 5.41) is 2.91. The summed E-state index contributed by atoms with van der Waals surface area (Å²) in [6.45, 7) is 0. The predicted octanol–water partition coefficient (Wildman–Crippen LogP) is 2.58. The number of nitrogens with zero attached hydrogens (tertiary/aromatic N) is 1. The molecule has 3 rings (SSSR count). The molecular weight excluding hydrogens is 299 g/mol. The van der Waals surface area contributed by atoms with Crippen LogP contribution in [-0.4, -0.2) is 25.0 Å². The summed E-state index contributed by atoms with van der Waals surface area (Å²) >= 11 is 0. The zero-order chi connectivity index (χ0) is 16.4. The van der Waals surface area contributed by atoms with Gasteiger partial charge in [-0.05, 0) is 30.3 Å². The summed E-state index contributed by atoms with van der Waals surface area (Å²) in [5.41, 5.74) is 0.867. The molecule has 2 amide bonds. The van der Waals surface area contributed by atoms with Crippen LogP contribution in [0.15, 0.2) is 48.5 Å². The molecule has 0 bridgehead atoms. The minimum Gasteiger partial charge on any atom is -0.495 e. The Kier molecular flexibility index (Phi) is 3.97. The molecule has 1 N–H and O–H groups in total. The van der Waals surface area contributed by atoms with E-state index in [1.165, 1.54) is 25.3 Å². The van der Waals surface area contributed by atoms with Crippen LogP contribution in [0.2, 0.25) is 0 Å². The lowest BCUT2D eigenvalue weighted by atomic mass is 10.2. The van der Waals surface area contributed by atoms with Crippen LogP contribution in [0.5, 0.6) is 5.75 Å². The molecule has 1 fully saturated rings. The Labute approximate surface area is 132 Å². The lowest BCUT2D eigenvalue weighted by Crippen LogP contribution is -2.35. The number of hydrogen-bond acceptors (Lipinski definition) is 4. The number of amides is 2. The van der Waals surface area contributed by atoms with Crippen LogP contribution in [-0.2, 0) is 9.59 Å². The smallest absolute Gasteiger partial charge is 0.256 e. The third-order valence-corrected chi connectivity index (χ3v) is 3.64. The van der Waals surface area contributed by atoms with E-state index in [-0.39, 0.29) is 18.2 Å². The van der Waals surface area contributed by atoms with Crippen molar-refractivity contribution >= 4 is 23.2 Å². The molecule has 1 aliphatic rings. The average Bonchev–Trinajstić information content (AvgIpc) is 2.81. The van der Waals surface area contributed by atoms with Crippen molar-refractivity contribution in [3.63, 3.8) is 0 Å². The summed E-state index contributed by atoms with van der Waals surface area (Å²) in [7, 11) is 1.48. The van der Waals surface area contributed by atoms with Gasteiger partial charge in [0.15, 0.2) is 0 Å². The molecule has 118 valence electrons. The number of halogens is 1. The zero-order valence-corrected chi connectivity index (χ0v) is 12.5.